The molecule has 28 heavy (non-hydrogen) atoms. The van der Waals surface area contributed by atoms with E-state index in [2.05, 4.69) is 63.0 Å². The normalized spacial score (nSPS) is 20.0. The minimum atomic E-state index is 0.379. The van der Waals surface area contributed by atoms with Crippen molar-refractivity contribution in [1.29, 1.82) is 0 Å². The predicted molar refractivity (Wildman–Crippen MR) is 112 cm³/mol. The SMILES string of the molecule is CC1CC(Nc2ccc3nnc(-c4ccsc4)n3n2)CN1Cc1ccccc1. The molecule has 5 rings (SSSR count). The van der Waals surface area contributed by atoms with Gasteiger partial charge in [-0.3, -0.25) is 4.90 Å². The topological polar surface area (TPSA) is 58.4 Å². The number of nitrogens with zero attached hydrogens (tertiary/aromatic N) is 5. The maximum absolute atomic E-state index is 4.76. The molecule has 1 fully saturated rings. The van der Waals surface area contributed by atoms with Gasteiger partial charge in [0, 0.05) is 36.1 Å². The monoisotopic (exact) mass is 390 g/mol. The van der Waals surface area contributed by atoms with Gasteiger partial charge >= 0.3 is 0 Å². The van der Waals surface area contributed by atoms with Crippen molar-refractivity contribution in [3.8, 4) is 11.4 Å². The van der Waals surface area contributed by atoms with Crippen molar-refractivity contribution in [2.24, 2.45) is 0 Å². The maximum Gasteiger partial charge on any atom is 0.186 e. The molecule has 2 atom stereocenters. The zero-order valence-electron chi connectivity index (χ0n) is 15.7. The molecule has 6 nitrogen and oxygen atoms in total. The highest BCUT2D eigenvalue weighted by Crippen LogP contribution is 2.24. The summed E-state index contributed by atoms with van der Waals surface area (Å²) in [5.74, 6) is 1.65. The first-order valence-electron chi connectivity index (χ1n) is 9.56. The number of fused-ring (bicyclic) bond motifs is 1. The average molecular weight is 391 g/mol. The Balaban J connectivity index is 1.32. The molecule has 2 unspecified atom stereocenters. The van der Waals surface area contributed by atoms with Crippen LogP contribution in [0.2, 0.25) is 0 Å². The molecule has 0 bridgehead atoms. The first kappa shape index (κ1) is 17.3. The van der Waals surface area contributed by atoms with E-state index >= 15 is 0 Å². The Morgan fingerprint density at radius 2 is 2.00 bits per heavy atom. The van der Waals surface area contributed by atoms with Crippen molar-refractivity contribution in [1.82, 2.24) is 24.7 Å². The highest BCUT2D eigenvalue weighted by atomic mass is 32.1. The summed E-state index contributed by atoms with van der Waals surface area (Å²) in [4.78, 5) is 2.53. The molecule has 0 aliphatic carbocycles. The third-order valence-corrected chi connectivity index (χ3v) is 6.01. The van der Waals surface area contributed by atoms with E-state index in [1.807, 2.05) is 28.1 Å². The van der Waals surface area contributed by atoms with Gasteiger partial charge in [-0.15, -0.1) is 15.3 Å². The Morgan fingerprint density at radius 3 is 2.82 bits per heavy atom. The summed E-state index contributed by atoms with van der Waals surface area (Å²) in [5, 5.41) is 21.0. The van der Waals surface area contributed by atoms with Crippen LogP contribution in [0.25, 0.3) is 17.0 Å². The summed E-state index contributed by atoms with van der Waals surface area (Å²) >= 11 is 1.65. The third-order valence-electron chi connectivity index (χ3n) is 5.33. The van der Waals surface area contributed by atoms with Crippen LogP contribution in [-0.4, -0.2) is 43.3 Å². The highest BCUT2D eigenvalue weighted by molar-refractivity contribution is 7.08. The number of likely N-dealkylation sites (tertiary alicyclic amines) is 1. The summed E-state index contributed by atoms with van der Waals surface area (Å²) in [6.07, 6.45) is 1.10. The van der Waals surface area contributed by atoms with Crippen LogP contribution in [0, 0.1) is 0 Å². The molecule has 1 aliphatic heterocycles. The van der Waals surface area contributed by atoms with Gasteiger partial charge in [0.2, 0.25) is 0 Å². The molecule has 4 heterocycles. The molecule has 0 saturated carbocycles. The van der Waals surface area contributed by atoms with Gasteiger partial charge in [-0.25, -0.2) is 0 Å². The summed E-state index contributed by atoms with van der Waals surface area (Å²) in [7, 11) is 0. The van der Waals surface area contributed by atoms with Crippen LogP contribution < -0.4 is 5.32 Å². The summed E-state index contributed by atoms with van der Waals surface area (Å²) in [6.45, 7) is 4.30. The number of hydrogen-bond acceptors (Lipinski definition) is 6. The van der Waals surface area contributed by atoms with E-state index in [0.717, 1.165) is 42.4 Å². The molecule has 1 aromatic carbocycles. The van der Waals surface area contributed by atoms with Gasteiger partial charge in [-0.2, -0.15) is 15.9 Å². The largest absolute Gasteiger partial charge is 0.365 e. The molecule has 4 aromatic rings. The second-order valence-electron chi connectivity index (χ2n) is 7.37. The Kier molecular flexibility index (Phi) is 4.54. The minimum Gasteiger partial charge on any atom is -0.365 e. The summed E-state index contributed by atoms with van der Waals surface area (Å²) in [5.41, 5.74) is 3.17. The van der Waals surface area contributed by atoms with Crippen molar-refractivity contribution < 1.29 is 0 Å². The van der Waals surface area contributed by atoms with Gasteiger partial charge in [0.1, 0.15) is 5.82 Å². The van der Waals surface area contributed by atoms with Crippen LogP contribution in [-0.2, 0) is 6.54 Å². The van der Waals surface area contributed by atoms with Crippen LogP contribution in [0.4, 0.5) is 5.82 Å². The van der Waals surface area contributed by atoms with E-state index < -0.39 is 0 Å². The van der Waals surface area contributed by atoms with E-state index in [1.54, 1.807) is 11.3 Å². The van der Waals surface area contributed by atoms with Crippen LogP contribution >= 0.6 is 11.3 Å². The van der Waals surface area contributed by atoms with Gasteiger partial charge in [-0.1, -0.05) is 30.3 Å². The van der Waals surface area contributed by atoms with E-state index in [9.17, 15) is 0 Å². The van der Waals surface area contributed by atoms with Gasteiger partial charge in [0.25, 0.3) is 0 Å². The van der Waals surface area contributed by atoms with E-state index in [0.29, 0.717) is 12.1 Å². The van der Waals surface area contributed by atoms with E-state index in [4.69, 9.17) is 5.10 Å². The number of nitrogens with one attached hydrogen (secondary N) is 1. The van der Waals surface area contributed by atoms with Crippen molar-refractivity contribution in [3.63, 3.8) is 0 Å². The van der Waals surface area contributed by atoms with Crippen molar-refractivity contribution in [2.75, 3.05) is 11.9 Å². The van der Waals surface area contributed by atoms with E-state index in [1.165, 1.54) is 5.56 Å². The fourth-order valence-corrected chi connectivity index (χ4v) is 4.52. The molecule has 0 radical (unpaired) electrons. The lowest BCUT2D eigenvalue weighted by Crippen LogP contribution is -2.28. The average Bonchev–Trinajstić information content (AvgIpc) is 3.43. The summed E-state index contributed by atoms with van der Waals surface area (Å²) in [6, 6.07) is 17.6. The quantitative estimate of drug-likeness (QED) is 0.560. The minimum absolute atomic E-state index is 0.379. The standard InChI is InChI=1S/C21H22N6S/c1-15-11-18(13-26(15)12-16-5-3-2-4-6-16)22-19-7-8-20-23-24-21(27(20)25-19)17-9-10-28-14-17/h2-10,14-15,18H,11-13H2,1H3,(H,22,25). The van der Waals surface area contributed by atoms with Gasteiger partial charge in [0.05, 0.1) is 0 Å². The van der Waals surface area contributed by atoms with Gasteiger partial charge in [0.15, 0.2) is 11.5 Å². The number of benzene rings is 1. The molecule has 7 heteroatoms. The fourth-order valence-electron chi connectivity index (χ4n) is 3.89. The molecule has 1 N–H and O–H groups in total. The van der Waals surface area contributed by atoms with Crippen LogP contribution in [0.5, 0.6) is 0 Å². The lowest BCUT2D eigenvalue weighted by molar-refractivity contribution is 0.259. The fraction of sp³-hybridized carbons (Fsp3) is 0.286. The van der Waals surface area contributed by atoms with Crippen LogP contribution in [0.15, 0.2) is 59.3 Å². The second-order valence-corrected chi connectivity index (χ2v) is 8.15. The predicted octanol–water partition coefficient (Wildman–Crippen LogP) is 3.93. The number of anilines is 1. The Bertz CT molecular complexity index is 1060. The van der Waals surface area contributed by atoms with Crippen molar-refractivity contribution in [3.05, 3.63) is 64.9 Å². The number of hydrogen-bond donors (Lipinski definition) is 1. The van der Waals surface area contributed by atoms with Gasteiger partial charge in [-0.05, 0) is 42.5 Å². The zero-order chi connectivity index (χ0) is 18.9. The number of aromatic nitrogens is 4. The Labute approximate surface area is 167 Å². The molecule has 0 spiro atoms. The molecular weight excluding hydrogens is 368 g/mol. The molecule has 142 valence electrons. The highest BCUT2D eigenvalue weighted by Gasteiger charge is 2.29. The first-order valence-corrected chi connectivity index (χ1v) is 10.5. The second kappa shape index (κ2) is 7.33. The van der Waals surface area contributed by atoms with Crippen LogP contribution in [0.3, 0.4) is 0 Å². The van der Waals surface area contributed by atoms with E-state index in [-0.39, 0.29) is 0 Å². The zero-order valence-corrected chi connectivity index (χ0v) is 16.5. The lowest BCUT2D eigenvalue weighted by atomic mass is 10.2. The smallest absolute Gasteiger partial charge is 0.186 e. The Morgan fingerprint density at radius 1 is 1.11 bits per heavy atom. The molecule has 3 aromatic heterocycles. The van der Waals surface area contributed by atoms with Crippen molar-refractivity contribution >= 4 is 22.8 Å². The third kappa shape index (κ3) is 3.39. The Hall–Kier alpha value is -2.77. The first-order chi connectivity index (χ1) is 13.8. The summed E-state index contributed by atoms with van der Waals surface area (Å²) < 4.78 is 1.82. The molecular formula is C21H22N6S. The number of rotatable bonds is 5. The molecule has 1 saturated heterocycles. The van der Waals surface area contributed by atoms with Gasteiger partial charge < -0.3 is 5.32 Å². The molecule has 1 aliphatic rings. The lowest BCUT2D eigenvalue weighted by Gasteiger charge is -2.20. The van der Waals surface area contributed by atoms with Crippen molar-refractivity contribution in [2.45, 2.75) is 32.0 Å². The molecule has 0 amide bonds. The maximum atomic E-state index is 4.76. The number of thiophene rings is 1. The van der Waals surface area contributed by atoms with Crippen LogP contribution in [0.1, 0.15) is 18.9 Å².